The van der Waals surface area contributed by atoms with Crippen LogP contribution >= 0.6 is 0 Å². The van der Waals surface area contributed by atoms with Gasteiger partial charge < -0.3 is 24.8 Å². The molecule has 0 spiro atoms. The number of nitrogens with zero attached hydrogens (tertiary/aromatic N) is 1. The smallest absolute Gasteiger partial charge is 0.325 e. The van der Waals surface area contributed by atoms with Crippen molar-refractivity contribution in [2.24, 2.45) is 0 Å². The van der Waals surface area contributed by atoms with Gasteiger partial charge in [0.2, 0.25) is 11.7 Å². The van der Waals surface area contributed by atoms with Crippen LogP contribution in [0.4, 0.5) is 10.5 Å². The second kappa shape index (κ2) is 8.55. The Balaban J connectivity index is 1.79. The van der Waals surface area contributed by atoms with Crippen LogP contribution in [0.3, 0.4) is 0 Å². The maximum Gasteiger partial charge on any atom is 0.325 e. The number of nitrogens with one attached hydrogen (secondary N) is 2. The zero-order valence-electron chi connectivity index (χ0n) is 18.1. The molecule has 1 saturated heterocycles. The molecule has 31 heavy (non-hydrogen) atoms. The standard InChI is InChI=1S/C22H25N3O6/c1-13-8-6-7-9-15(13)22(2)20(27)25(21(28)24-22)12-18(26)23-14-10-16(29-3)19(31-5)17(11-14)30-4/h6-11H,12H2,1-5H3,(H,23,26)(H,24,28). The SMILES string of the molecule is COc1cc(NC(=O)CN2C(=O)NC(C)(c3ccccc3C)C2=O)cc(OC)c1OC. The third kappa shape index (κ3) is 3.98. The first-order valence-corrected chi connectivity index (χ1v) is 9.55. The number of methoxy groups -OCH3 is 3. The summed E-state index contributed by atoms with van der Waals surface area (Å²) in [6.45, 7) is 3.05. The highest BCUT2D eigenvalue weighted by atomic mass is 16.5. The lowest BCUT2D eigenvalue weighted by atomic mass is 9.88. The van der Waals surface area contributed by atoms with Crippen molar-refractivity contribution in [3.05, 3.63) is 47.5 Å². The summed E-state index contributed by atoms with van der Waals surface area (Å²) in [4.78, 5) is 39.1. The van der Waals surface area contributed by atoms with Gasteiger partial charge in [-0.3, -0.25) is 14.5 Å². The van der Waals surface area contributed by atoms with E-state index in [1.165, 1.54) is 21.3 Å². The summed E-state index contributed by atoms with van der Waals surface area (Å²) in [5.74, 6) is 0.0586. The number of amides is 4. The number of imide groups is 1. The molecule has 1 fully saturated rings. The van der Waals surface area contributed by atoms with Gasteiger partial charge in [-0.25, -0.2) is 4.79 Å². The van der Waals surface area contributed by atoms with Gasteiger partial charge in [-0.1, -0.05) is 24.3 Å². The predicted octanol–water partition coefficient (Wildman–Crippen LogP) is 2.43. The van der Waals surface area contributed by atoms with E-state index in [4.69, 9.17) is 14.2 Å². The lowest BCUT2D eigenvalue weighted by molar-refractivity contribution is -0.133. The Labute approximate surface area is 180 Å². The van der Waals surface area contributed by atoms with E-state index in [1.54, 1.807) is 31.2 Å². The Hall–Kier alpha value is -3.75. The second-order valence-electron chi connectivity index (χ2n) is 7.22. The molecule has 0 bridgehead atoms. The molecular weight excluding hydrogens is 402 g/mol. The number of hydrogen-bond donors (Lipinski definition) is 2. The zero-order valence-corrected chi connectivity index (χ0v) is 18.1. The highest BCUT2D eigenvalue weighted by molar-refractivity contribution is 6.10. The zero-order chi connectivity index (χ0) is 22.8. The normalized spacial score (nSPS) is 17.9. The molecule has 9 nitrogen and oxygen atoms in total. The number of carbonyl (C=O) groups excluding carboxylic acids is 3. The van der Waals surface area contributed by atoms with E-state index in [0.29, 0.717) is 28.5 Å². The number of hydrogen-bond acceptors (Lipinski definition) is 6. The molecule has 2 aromatic carbocycles. The predicted molar refractivity (Wildman–Crippen MR) is 114 cm³/mol. The first-order chi connectivity index (χ1) is 14.7. The molecule has 1 unspecified atom stereocenters. The van der Waals surface area contributed by atoms with Crippen LogP contribution in [-0.4, -0.2) is 50.6 Å². The molecule has 2 N–H and O–H groups in total. The highest BCUT2D eigenvalue weighted by Gasteiger charge is 2.50. The number of carbonyl (C=O) groups is 3. The maximum atomic E-state index is 13.1. The second-order valence-corrected chi connectivity index (χ2v) is 7.22. The van der Waals surface area contributed by atoms with Gasteiger partial charge in [0.05, 0.1) is 21.3 Å². The van der Waals surface area contributed by atoms with E-state index in [2.05, 4.69) is 10.6 Å². The van der Waals surface area contributed by atoms with Crippen LogP contribution < -0.4 is 24.8 Å². The Morgan fingerprint density at radius 2 is 1.68 bits per heavy atom. The van der Waals surface area contributed by atoms with Crippen LogP contribution in [0.1, 0.15) is 18.1 Å². The topological polar surface area (TPSA) is 106 Å². The summed E-state index contributed by atoms with van der Waals surface area (Å²) in [7, 11) is 4.40. The van der Waals surface area contributed by atoms with Crippen molar-refractivity contribution in [3.8, 4) is 17.2 Å². The molecule has 1 heterocycles. The summed E-state index contributed by atoms with van der Waals surface area (Å²) in [5.41, 5.74) is 0.673. The van der Waals surface area contributed by atoms with E-state index in [-0.39, 0.29) is 0 Å². The average Bonchev–Trinajstić information content (AvgIpc) is 2.96. The minimum atomic E-state index is -1.24. The van der Waals surface area contributed by atoms with Gasteiger partial charge in [-0.05, 0) is 25.0 Å². The summed E-state index contributed by atoms with van der Waals surface area (Å²) in [5, 5.41) is 5.37. The fourth-order valence-corrected chi connectivity index (χ4v) is 3.65. The lowest BCUT2D eigenvalue weighted by Gasteiger charge is -2.24. The van der Waals surface area contributed by atoms with Gasteiger partial charge in [0.15, 0.2) is 11.5 Å². The maximum absolute atomic E-state index is 13.1. The van der Waals surface area contributed by atoms with E-state index in [1.807, 2.05) is 19.1 Å². The molecule has 3 rings (SSSR count). The van der Waals surface area contributed by atoms with Crippen LogP contribution in [0.2, 0.25) is 0 Å². The molecule has 9 heteroatoms. The van der Waals surface area contributed by atoms with Crippen LogP contribution in [-0.2, 0) is 15.1 Å². The highest BCUT2D eigenvalue weighted by Crippen LogP contribution is 2.40. The fraction of sp³-hybridized carbons (Fsp3) is 0.318. The Morgan fingerprint density at radius 3 is 2.23 bits per heavy atom. The number of rotatable bonds is 7. The molecule has 0 saturated carbocycles. The summed E-state index contributed by atoms with van der Waals surface area (Å²) >= 11 is 0. The molecular formula is C22H25N3O6. The van der Waals surface area contributed by atoms with Crippen molar-refractivity contribution in [1.29, 1.82) is 0 Å². The van der Waals surface area contributed by atoms with E-state index in [9.17, 15) is 14.4 Å². The van der Waals surface area contributed by atoms with Crippen molar-refractivity contribution < 1.29 is 28.6 Å². The number of benzene rings is 2. The van der Waals surface area contributed by atoms with E-state index < -0.39 is 29.9 Å². The monoisotopic (exact) mass is 427 g/mol. The molecule has 0 aliphatic carbocycles. The molecule has 2 aromatic rings. The van der Waals surface area contributed by atoms with Gasteiger partial charge in [0.25, 0.3) is 5.91 Å². The molecule has 0 aromatic heterocycles. The largest absolute Gasteiger partial charge is 0.493 e. The Kier molecular flexibility index (Phi) is 6.05. The summed E-state index contributed by atoms with van der Waals surface area (Å²) in [6.07, 6.45) is 0. The van der Waals surface area contributed by atoms with Gasteiger partial charge in [0, 0.05) is 17.8 Å². The molecule has 1 aliphatic heterocycles. The van der Waals surface area contributed by atoms with Crippen LogP contribution in [0.25, 0.3) is 0 Å². The molecule has 1 atom stereocenters. The minimum absolute atomic E-state index is 0.360. The number of anilines is 1. The summed E-state index contributed by atoms with van der Waals surface area (Å²) < 4.78 is 15.8. The molecule has 164 valence electrons. The van der Waals surface area contributed by atoms with Crippen LogP contribution in [0.5, 0.6) is 17.2 Å². The van der Waals surface area contributed by atoms with Crippen LogP contribution in [0.15, 0.2) is 36.4 Å². The molecule has 4 amide bonds. The van der Waals surface area contributed by atoms with Crippen molar-refractivity contribution in [3.63, 3.8) is 0 Å². The molecule has 1 aliphatic rings. The minimum Gasteiger partial charge on any atom is -0.493 e. The third-order valence-electron chi connectivity index (χ3n) is 5.21. The quantitative estimate of drug-likeness (QED) is 0.658. The van der Waals surface area contributed by atoms with Crippen LogP contribution in [0, 0.1) is 6.92 Å². The Morgan fingerprint density at radius 1 is 1.06 bits per heavy atom. The van der Waals surface area contributed by atoms with Gasteiger partial charge >= 0.3 is 6.03 Å². The van der Waals surface area contributed by atoms with Gasteiger partial charge in [0.1, 0.15) is 12.1 Å². The van der Waals surface area contributed by atoms with Gasteiger partial charge in [-0.15, -0.1) is 0 Å². The number of aryl methyl sites for hydroxylation is 1. The fourth-order valence-electron chi connectivity index (χ4n) is 3.65. The Bertz CT molecular complexity index is 1010. The van der Waals surface area contributed by atoms with Crippen molar-refractivity contribution >= 4 is 23.5 Å². The lowest BCUT2D eigenvalue weighted by Crippen LogP contribution is -2.42. The number of ether oxygens (including phenoxy) is 3. The van der Waals surface area contributed by atoms with Crippen molar-refractivity contribution in [1.82, 2.24) is 10.2 Å². The average molecular weight is 427 g/mol. The van der Waals surface area contributed by atoms with E-state index in [0.717, 1.165) is 10.5 Å². The van der Waals surface area contributed by atoms with Crippen molar-refractivity contribution in [2.45, 2.75) is 19.4 Å². The number of urea groups is 1. The molecule has 0 radical (unpaired) electrons. The first-order valence-electron chi connectivity index (χ1n) is 9.55. The summed E-state index contributed by atoms with van der Waals surface area (Å²) in [6, 6.07) is 9.78. The van der Waals surface area contributed by atoms with Crippen molar-refractivity contribution in [2.75, 3.05) is 33.2 Å². The third-order valence-corrected chi connectivity index (χ3v) is 5.21. The first kappa shape index (κ1) is 21.9. The van der Waals surface area contributed by atoms with Gasteiger partial charge in [-0.2, -0.15) is 0 Å². The van der Waals surface area contributed by atoms with E-state index >= 15 is 0 Å².